The minimum atomic E-state index is -0.578. The summed E-state index contributed by atoms with van der Waals surface area (Å²) >= 11 is 0. The summed E-state index contributed by atoms with van der Waals surface area (Å²) in [5, 5.41) is 23.5. The Labute approximate surface area is 189 Å². The predicted octanol–water partition coefficient (Wildman–Crippen LogP) is 2.55. The van der Waals surface area contributed by atoms with Gasteiger partial charge < -0.3 is 24.8 Å². The fourth-order valence-electron chi connectivity index (χ4n) is 4.61. The van der Waals surface area contributed by atoms with Gasteiger partial charge in [-0.2, -0.15) is 0 Å². The average Bonchev–Trinajstić information content (AvgIpc) is 3.09. The van der Waals surface area contributed by atoms with E-state index in [9.17, 15) is 10.2 Å². The van der Waals surface area contributed by atoms with E-state index in [2.05, 4.69) is 33.6 Å². The second kappa shape index (κ2) is 10.1. The third-order valence-electron chi connectivity index (χ3n) is 6.09. The van der Waals surface area contributed by atoms with Crippen molar-refractivity contribution >= 4 is 22.7 Å². The maximum absolute atomic E-state index is 10.5. The highest BCUT2D eigenvalue weighted by atomic mass is 16.5. The number of anilines is 1. The number of benzene rings is 1. The Morgan fingerprint density at radius 3 is 2.75 bits per heavy atom. The molecule has 0 spiro atoms. The lowest BCUT2D eigenvalue weighted by molar-refractivity contribution is -0.0678. The zero-order valence-electron chi connectivity index (χ0n) is 19.3. The van der Waals surface area contributed by atoms with Gasteiger partial charge in [0.25, 0.3) is 0 Å². The molecule has 0 bridgehead atoms. The summed E-state index contributed by atoms with van der Waals surface area (Å²) in [6, 6.07) is 5.81. The van der Waals surface area contributed by atoms with Crippen molar-refractivity contribution in [1.29, 1.82) is 0 Å². The van der Waals surface area contributed by atoms with E-state index in [-0.39, 0.29) is 18.8 Å². The zero-order chi connectivity index (χ0) is 22.7. The molecule has 0 saturated carbocycles. The third-order valence-corrected chi connectivity index (χ3v) is 6.09. The van der Waals surface area contributed by atoms with Crippen LogP contribution in [0.3, 0.4) is 0 Å². The van der Waals surface area contributed by atoms with Crippen LogP contribution < -0.4 is 5.32 Å². The summed E-state index contributed by atoms with van der Waals surface area (Å²) in [6.07, 6.45) is 3.51. The van der Waals surface area contributed by atoms with Crippen LogP contribution in [0.4, 0.5) is 5.95 Å². The molecule has 0 amide bonds. The number of morpholine rings is 1. The minimum Gasteiger partial charge on any atom is -0.392 e. The summed E-state index contributed by atoms with van der Waals surface area (Å²) in [5.41, 5.74) is 4.30. The summed E-state index contributed by atoms with van der Waals surface area (Å²) in [7, 11) is 0. The number of nitrogens with one attached hydrogen (secondary N) is 1. The smallest absolute Gasteiger partial charge is 0.204 e. The van der Waals surface area contributed by atoms with Gasteiger partial charge in [-0.05, 0) is 51.3 Å². The molecule has 4 rings (SSSR count). The van der Waals surface area contributed by atoms with E-state index >= 15 is 0 Å². The Morgan fingerprint density at radius 2 is 2.00 bits per heavy atom. The zero-order valence-corrected chi connectivity index (χ0v) is 19.3. The molecule has 2 aromatic rings. The lowest BCUT2D eigenvalue weighted by Gasteiger charge is -2.35. The summed E-state index contributed by atoms with van der Waals surface area (Å²) in [6.45, 7) is 10.4. The monoisotopic (exact) mass is 441 g/mol. The number of hydrogen-bond donors (Lipinski definition) is 3. The molecule has 174 valence electrons. The SMILES string of the molecule is CC1=CCC(O)C(Cn2c(NCCCN3C[C@@H](C)O[C@@H](C)C3)nc3cc(CO)ccc32)=N1. The van der Waals surface area contributed by atoms with Crippen LogP contribution in [-0.2, 0) is 17.9 Å². The largest absolute Gasteiger partial charge is 0.392 e. The first kappa shape index (κ1) is 22.9. The van der Waals surface area contributed by atoms with Crippen LogP contribution in [-0.4, -0.2) is 74.9 Å². The molecule has 3 heterocycles. The van der Waals surface area contributed by atoms with Crippen LogP contribution in [0.1, 0.15) is 39.2 Å². The molecule has 0 aliphatic carbocycles. The van der Waals surface area contributed by atoms with Gasteiger partial charge in [-0.3, -0.25) is 9.89 Å². The normalized spacial score (nSPS) is 24.5. The van der Waals surface area contributed by atoms with Gasteiger partial charge in [-0.25, -0.2) is 4.98 Å². The maximum atomic E-state index is 10.5. The van der Waals surface area contributed by atoms with Crippen molar-refractivity contribution < 1.29 is 14.9 Å². The van der Waals surface area contributed by atoms with Crippen molar-refractivity contribution in [2.45, 2.75) is 65.1 Å². The van der Waals surface area contributed by atoms with E-state index in [0.717, 1.165) is 66.6 Å². The van der Waals surface area contributed by atoms with Gasteiger partial charge in [0, 0.05) is 31.9 Å². The molecule has 3 atom stereocenters. The molecule has 2 aliphatic heterocycles. The first-order chi connectivity index (χ1) is 15.4. The van der Waals surface area contributed by atoms with Gasteiger partial charge in [-0.1, -0.05) is 12.1 Å². The van der Waals surface area contributed by atoms with Crippen LogP contribution in [0.25, 0.3) is 11.0 Å². The van der Waals surface area contributed by atoms with Crippen LogP contribution in [0.5, 0.6) is 0 Å². The van der Waals surface area contributed by atoms with Crippen LogP contribution in [0, 0.1) is 0 Å². The van der Waals surface area contributed by atoms with Crippen LogP contribution in [0.15, 0.2) is 35.0 Å². The molecule has 1 aromatic carbocycles. The lowest BCUT2D eigenvalue weighted by Crippen LogP contribution is -2.45. The molecule has 8 heteroatoms. The lowest BCUT2D eigenvalue weighted by atomic mass is 10.1. The number of rotatable bonds is 8. The van der Waals surface area contributed by atoms with Crippen molar-refractivity contribution in [3.05, 3.63) is 35.5 Å². The third kappa shape index (κ3) is 5.38. The number of hydrogen-bond acceptors (Lipinski definition) is 7. The van der Waals surface area contributed by atoms with E-state index in [4.69, 9.17) is 9.72 Å². The Balaban J connectivity index is 1.48. The van der Waals surface area contributed by atoms with Crippen molar-refractivity contribution in [1.82, 2.24) is 14.5 Å². The summed E-state index contributed by atoms with van der Waals surface area (Å²) in [4.78, 5) is 11.8. The molecule has 32 heavy (non-hydrogen) atoms. The standard InChI is InChI=1S/C24H35N5O3/c1-16-5-8-23(31)21(26-16)14-29-22-7-6-19(15-30)11-20(22)27-24(29)25-9-4-10-28-12-17(2)32-18(3)13-28/h5-7,11,17-18,23,30-31H,4,8-10,12-15H2,1-3H3,(H,25,27)/t17-,18+,23?. The number of fused-ring (bicyclic) bond motifs is 1. The van der Waals surface area contributed by atoms with E-state index < -0.39 is 6.10 Å². The molecule has 2 aliphatic rings. The maximum Gasteiger partial charge on any atom is 0.204 e. The number of nitrogens with zero attached hydrogens (tertiary/aromatic N) is 4. The Bertz CT molecular complexity index is 989. The fraction of sp³-hybridized carbons (Fsp3) is 0.583. The van der Waals surface area contributed by atoms with Crippen LogP contribution >= 0.6 is 0 Å². The number of aliphatic hydroxyl groups excluding tert-OH is 2. The molecule has 0 radical (unpaired) electrons. The molecule has 1 fully saturated rings. The summed E-state index contributed by atoms with van der Waals surface area (Å²) in [5.74, 6) is 0.765. The van der Waals surface area contributed by atoms with Crippen molar-refractivity contribution in [3.8, 4) is 0 Å². The number of ether oxygens (including phenoxy) is 1. The number of aliphatic imine (C=N–C) groups is 1. The summed E-state index contributed by atoms with van der Waals surface area (Å²) < 4.78 is 7.90. The van der Waals surface area contributed by atoms with Gasteiger partial charge in [0.1, 0.15) is 0 Å². The van der Waals surface area contributed by atoms with Gasteiger partial charge in [-0.15, -0.1) is 0 Å². The predicted molar refractivity (Wildman–Crippen MR) is 127 cm³/mol. The van der Waals surface area contributed by atoms with Gasteiger partial charge >= 0.3 is 0 Å². The topological polar surface area (TPSA) is 95.1 Å². The second-order valence-corrected chi connectivity index (χ2v) is 9.00. The molecule has 1 saturated heterocycles. The quantitative estimate of drug-likeness (QED) is 0.545. The van der Waals surface area contributed by atoms with Gasteiger partial charge in [0.15, 0.2) is 0 Å². The molecule has 1 unspecified atom stereocenters. The highest BCUT2D eigenvalue weighted by Gasteiger charge is 2.22. The van der Waals surface area contributed by atoms with Crippen molar-refractivity contribution in [3.63, 3.8) is 0 Å². The fourth-order valence-corrected chi connectivity index (χ4v) is 4.61. The molecule has 1 aromatic heterocycles. The Kier molecular flexibility index (Phi) is 7.25. The van der Waals surface area contributed by atoms with E-state index in [1.54, 1.807) is 0 Å². The molecule has 3 N–H and O–H groups in total. The van der Waals surface area contributed by atoms with Crippen LogP contribution in [0.2, 0.25) is 0 Å². The van der Waals surface area contributed by atoms with Crippen molar-refractivity contribution in [2.24, 2.45) is 4.99 Å². The first-order valence-electron chi connectivity index (χ1n) is 11.6. The number of allylic oxidation sites excluding steroid dienone is 1. The number of aromatic nitrogens is 2. The number of imidazole rings is 1. The van der Waals surface area contributed by atoms with Gasteiger partial charge in [0.2, 0.25) is 5.95 Å². The van der Waals surface area contributed by atoms with E-state index in [1.165, 1.54) is 0 Å². The Hall–Kier alpha value is -2.26. The van der Waals surface area contributed by atoms with Gasteiger partial charge in [0.05, 0.1) is 48.2 Å². The van der Waals surface area contributed by atoms with E-state index in [1.807, 2.05) is 31.2 Å². The average molecular weight is 442 g/mol. The second-order valence-electron chi connectivity index (χ2n) is 9.00. The number of aliphatic hydroxyl groups is 2. The highest BCUT2D eigenvalue weighted by molar-refractivity contribution is 5.92. The molecule has 8 nitrogen and oxygen atoms in total. The minimum absolute atomic E-state index is 0.0165. The first-order valence-corrected chi connectivity index (χ1v) is 11.6. The van der Waals surface area contributed by atoms with E-state index in [0.29, 0.717) is 13.0 Å². The highest BCUT2D eigenvalue weighted by Crippen LogP contribution is 2.23. The molecular formula is C24H35N5O3. The molecular weight excluding hydrogens is 406 g/mol. The Morgan fingerprint density at radius 1 is 1.22 bits per heavy atom. The van der Waals surface area contributed by atoms with Crippen molar-refractivity contribution in [2.75, 3.05) is 31.5 Å².